The lowest BCUT2D eigenvalue weighted by Gasteiger charge is -2.30. The Hall–Kier alpha value is -2.47. The molecule has 0 radical (unpaired) electrons. The van der Waals surface area contributed by atoms with Gasteiger partial charge in [0.25, 0.3) is 17.7 Å². The smallest absolute Gasteiger partial charge is 0.345 e. The predicted octanol–water partition coefficient (Wildman–Crippen LogP) is 7.68. The minimum Gasteiger partial charge on any atom is -0.423 e. The number of benzene rings is 3. The zero-order chi connectivity index (χ0) is 31.9. The third-order valence-corrected chi connectivity index (χ3v) is 11.4. The molecule has 8 nitrogen and oxygen atoms in total. The summed E-state index contributed by atoms with van der Waals surface area (Å²) in [5.41, 5.74) is 0.270. The van der Waals surface area contributed by atoms with Gasteiger partial charge in [0.1, 0.15) is 12.3 Å². The molecule has 1 saturated heterocycles. The number of imide groups is 1. The predicted molar refractivity (Wildman–Crippen MR) is 173 cm³/mol. The Morgan fingerprint density at radius 2 is 1.36 bits per heavy atom. The first-order valence-electron chi connectivity index (χ1n) is 13.1. The van der Waals surface area contributed by atoms with Gasteiger partial charge in [-0.2, -0.15) is 5.01 Å². The number of fused-ring (bicyclic) bond motifs is 1. The van der Waals surface area contributed by atoms with Crippen molar-refractivity contribution in [3.63, 3.8) is 0 Å². The summed E-state index contributed by atoms with van der Waals surface area (Å²) in [5.74, 6) is -4.39. The zero-order valence-electron chi connectivity index (χ0n) is 22.3. The fraction of sp³-hybridized carbons (Fsp3) is 0.233. The van der Waals surface area contributed by atoms with Crippen LogP contribution >= 0.6 is 78.3 Å². The van der Waals surface area contributed by atoms with Crippen LogP contribution in [-0.4, -0.2) is 55.7 Å². The van der Waals surface area contributed by atoms with Crippen LogP contribution in [0.4, 0.5) is 0 Å². The third kappa shape index (κ3) is 6.71. The number of nitrogens with zero attached hydrogens (tertiary/aromatic N) is 2. The van der Waals surface area contributed by atoms with E-state index >= 15 is 0 Å². The molecule has 14 heteroatoms. The largest absolute Gasteiger partial charge is 0.423 e. The standard InChI is InChI=1S/C30H20Br2Cl4N2O6/c31-21-11-19-20(12-22(21)32)29(42)38(28(19)41)37(27(40)15-3-8-23(34)25(36)9-15)13-26(39)14-1-5-17(6-2-14)44-30(43)18-7-4-16(33)10-24(18)35/h1-10,19-22H,11-13H2/t19-,20-,21-,22+/m1/s1. The SMILES string of the molecule is O=C(CN(C(=O)c1ccc(Cl)c(Cl)c1)N1C(=O)[C@@H]2C[C@@H](Br)[C@@H](Br)C[C@H]2C1=O)c1ccc(OC(=O)c2ccc(Cl)cc2Cl)cc1. The molecule has 44 heavy (non-hydrogen) atoms. The highest BCUT2D eigenvalue weighted by atomic mass is 79.9. The number of alkyl halides is 2. The lowest BCUT2D eigenvalue weighted by molar-refractivity contribution is -0.154. The summed E-state index contributed by atoms with van der Waals surface area (Å²) >= 11 is 31.2. The number of carbonyl (C=O) groups is 5. The molecular weight excluding hydrogens is 786 g/mol. The molecule has 3 amide bonds. The molecule has 3 aromatic carbocycles. The number of hydrazine groups is 1. The van der Waals surface area contributed by atoms with Gasteiger partial charge in [0.2, 0.25) is 0 Å². The maximum absolute atomic E-state index is 13.8. The van der Waals surface area contributed by atoms with E-state index in [0.717, 1.165) is 10.0 Å². The van der Waals surface area contributed by atoms with Gasteiger partial charge in [-0.15, -0.1) is 0 Å². The van der Waals surface area contributed by atoms with Crippen LogP contribution in [0.2, 0.25) is 20.1 Å². The van der Waals surface area contributed by atoms with Crippen LogP contribution in [0, 0.1) is 11.8 Å². The van der Waals surface area contributed by atoms with Gasteiger partial charge < -0.3 is 4.74 Å². The highest BCUT2D eigenvalue weighted by molar-refractivity contribution is 9.12. The van der Waals surface area contributed by atoms with Crippen molar-refractivity contribution in [1.82, 2.24) is 10.0 Å². The Balaban J connectivity index is 1.39. The van der Waals surface area contributed by atoms with E-state index in [1.165, 1.54) is 60.7 Å². The lowest BCUT2D eigenvalue weighted by Crippen LogP contribution is -2.52. The van der Waals surface area contributed by atoms with E-state index in [2.05, 4.69) is 31.9 Å². The molecule has 2 aliphatic rings. The van der Waals surface area contributed by atoms with Gasteiger partial charge in [-0.3, -0.25) is 19.2 Å². The molecule has 1 saturated carbocycles. The maximum atomic E-state index is 13.8. The second-order valence-corrected chi connectivity index (χ2v) is 14.2. The summed E-state index contributed by atoms with van der Waals surface area (Å²) in [5, 5.41) is 2.41. The molecule has 4 atom stereocenters. The van der Waals surface area contributed by atoms with Gasteiger partial charge in [-0.1, -0.05) is 78.3 Å². The molecule has 5 rings (SSSR count). The number of ether oxygens (including phenoxy) is 1. The Kier molecular flexibility index (Phi) is 10.1. The molecule has 0 bridgehead atoms. The topological polar surface area (TPSA) is 101 Å². The van der Waals surface area contributed by atoms with Gasteiger partial charge in [0, 0.05) is 25.8 Å². The van der Waals surface area contributed by atoms with Crippen LogP contribution in [0.1, 0.15) is 43.9 Å². The molecule has 1 aliphatic heterocycles. The van der Waals surface area contributed by atoms with Crippen molar-refractivity contribution >= 4 is 108 Å². The van der Waals surface area contributed by atoms with Gasteiger partial charge in [-0.05, 0) is 73.5 Å². The Morgan fingerprint density at radius 3 is 1.93 bits per heavy atom. The average Bonchev–Trinajstić information content (AvgIpc) is 3.21. The number of hydrogen-bond donors (Lipinski definition) is 0. The second-order valence-electron chi connectivity index (χ2n) is 10.2. The molecule has 0 aromatic heterocycles. The molecule has 1 heterocycles. The van der Waals surface area contributed by atoms with Crippen LogP contribution in [0.15, 0.2) is 60.7 Å². The first-order chi connectivity index (χ1) is 20.8. The quantitative estimate of drug-likeness (QED) is 0.0799. The highest BCUT2D eigenvalue weighted by Gasteiger charge is 2.54. The third-order valence-electron chi connectivity index (χ3n) is 7.36. The molecule has 1 aliphatic carbocycles. The molecule has 0 N–H and O–H groups in total. The summed E-state index contributed by atoms with van der Waals surface area (Å²) in [6, 6.07) is 14.0. The summed E-state index contributed by atoms with van der Waals surface area (Å²) in [7, 11) is 0. The number of hydrogen-bond acceptors (Lipinski definition) is 6. The highest BCUT2D eigenvalue weighted by Crippen LogP contribution is 2.44. The van der Waals surface area contributed by atoms with Crippen molar-refractivity contribution < 1.29 is 28.7 Å². The van der Waals surface area contributed by atoms with Gasteiger partial charge >= 0.3 is 5.97 Å². The van der Waals surface area contributed by atoms with Crippen molar-refractivity contribution in [2.45, 2.75) is 22.5 Å². The van der Waals surface area contributed by atoms with E-state index < -0.39 is 47.9 Å². The number of ketones is 1. The normalized spacial score (nSPS) is 21.2. The Morgan fingerprint density at radius 1 is 0.773 bits per heavy atom. The first-order valence-corrected chi connectivity index (χ1v) is 16.4. The molecule has 3 aromatic rings. The minimum atomic E-state index is -0.784. The van der Waals surface area contributed by atoms with Crippen LogP contribution in [0.3, 0.4) is 0 Å². The first kappa shape index (κ1) is 32.9. The minimum absolute atomic E-state index is 0.0301. The lowest BCUT2D eigenvalue weighted by atomic mass is 9.81. The van der Waals surface area contributed by atoms with Gasteiger partial charge in [-0.25, -0.2) is 9.80 Å². The van der Waals surface area contributed by atoms with E-state index in [0.29, 0.717) is 17.9 Å². The van der Waals surface area contributed by atoms with Gasteiger partial charge in [0.05, 0.1) is 32.5 Å². The summed E-state index contributed by atoms with van der Waals surface area (Å²) < 4.78 is 5.36. The van der Waals surface area contributed by atoms with Crippen LogP contribution in [0.25, 0.3) is 0 Å². The van der Waals surface area contributed by atoms with E-state index in [-0.39, 0.29) is 47.2 Å². The second kappa shape index (κ2) is 13.5. The molecule has 228 valence electrons. The van der Waals surface area contributed by atoms with Gasteiger partial charge in [0.15, 0.2) is 5.78 Å². The number of halogens is 6. The van der Waals surface area contributed by atoms with E-state index in [9.17, 15) is 24.0 Å². The molecule has 0 unspecified atom stereocenters. The number of esters is 1. The summed E-state index contributed by atoms with van der Waals surface area (Å²) in [6.45, 7) is -0.634. The summed E-state index contributed by atoms with van der Waals surface area (Å²) in [4.78, 5) is 66.9. The van der Waals surface area contributed by atoms with Crippen LogP contribution in [-0.2, 0) is 9.59 Å². The molecule has 0 spiro atoms. The Bertz CT molecular complexity index is 1660. The van der Waals surface area contributed by atoms with E-state index in [4.69, 9.17) is 51.1 Å². The zero-order valence-corrected chi connectivity index (χ0v) is 28.5. The molecule has 2 fully saturated rings. The van der Waals surface area contributed by atoms with Crippen molar-refractivity contribution in [2.75, 3.05) is 6.54 Å². The average molecular weight is 806 g/mol. The van der Waals surface area contributed by atoms with Crippen molar-refractivity contribution in [2.24, 2.45) is 11.8 Å². The van der Waals surface area contributed by atoms with Crippen LogP contribution in [0.5, 0.6) is 5.75 Å². The fourth-order valence-electron chi connectivity index (χ4n) is 5.08. The fourth-order valence-corrected chi connectivity index (χ4v) is 7.10. The van der Waals surface area contributed by atoms with Crippen LogP contribution < -0.4 is 4.74 Å². The van der Waals surface area contributed by atoms with Crippen molar-refractivity contribution in [3.8, 4) is 5.75 Å². The van der Waals surface area contributed by atoms with E-state index in [1.54, 1.807) is 0 Å². The Labute approximate surface area is 288 Å². The monoisotopic (exact) mass is 802 g/mol. The number of amides is 3. The van der Waals surface area contributed by atoms with Crippen molar-refractivity contribution in [1.29, 1.82) is 0 Å². The number of carbonyl (C=O) groups excluding carboxylic acids is 5. The van der Waals surface area contributed by atoms with E-state index in [1.807, 2.05) is 0 Å². The molecular formula is C30H20Br2Cl4N2O6. The summed E-state index contributed by atoms with van der Waals surface area (Å²) in [6.07, 6.45) is 0.762. The number of rotatable bonds is 7. The number of Topliss-reactive ketones (excluding diaryl/α,β-unsaturated/α-hetero) is 1. The van der Waals surface area contributed by atoms with Crippen molar-refractivity contribution in [3.05, 3.63) is 97.4 Å². The maximum Gasteiger partial charge on any atom is 0.345 e.